The van der Waals surface area contributed by atoms with Crippen LogP contribution in [0.3, 0.4) is 0 Å². The van der Waals surface area contributed by atoms with Crippen molar-refractivity contribution in [2.45, 2.75) is 20.8 Å². The molecule has 4 rings (SSSR count). The maximum atomic E-state index is 13.7. The van der Waals surface area contributed by atoms with Crippen molar-refractivity contribution in [3.8, 4) is 23.8 Å². The van der Waals surface area contributed by atoms with E-state index < -0.39 is 0 Å². The lowest BCUT2D eigenvalue weighted by molar-refractivity contribution is -0.113. The quantitative estimate of drug-likeness (QED) is 0.222. The van der Waals surface area contributed by atoms with E-state index in [2.05, 4.69) is 5.92 Å². The Morgan fingerprint density at radius 1 is 1.00 bits per heavy atom. The largest absolute Gasteiger partial charge is 0.490 e. The number of amidine groups is 1. The van der Waals surface area contributed by atoms with Gasteiger partial charge in [0, 0.05) is 10.0 Å². The molecule has 1 saturated heterocycles. The Bertz CT molecular complexity index is 1460. The molecular weight excluding hydrogens is 527 g/mol. The fraction of sp³-hybridized carbons (Fsp3) is 0.172. The summed E-state index contributed by atoms with van der Waals surface area (Å²) in [6, 6.07) is 16.5. The molecule has 0 atom stereocenters. The highest BCUT2D eigenvalue weighted by molar-refractivity contribution is 8.19. The Morgan fingerprint density at radius 2 is 1.73 bits per heavy atom. The van der Waals surface area contributed by atoms with Gasteiger partial charge in [-0.25, -0.2) is 4.99 Å². The molecule has 8 heteroatoms. The molecular formula is C29H24Cl2N2O3S. The zero-order chi connectivity index (χ0) is 26.5. The van der Waals surface area contributed by atoms with Crippen LogP contribution in [0.25, 0.3) is 6.08 Å². The van der Waals surface area contributed by atoms with Gasteiger partial charge in [-0.2, -0.15) is 0 Å². The van der Waals surface area contributed by atoms with Crippen LogP contribution in [0, 0.1) is 26.2 Å². The highest BCUT2D eigenvalue weighted by atomic mass is 35.5. The number of rotatable bonds is 7. The van der Waals surface area contributed by atoms with Crippen molar-refractivity contribution in [1.29, 1.82) is 0 Å². The minimum atomic E-state index is -0.215. The predicted octanol–water partition coefficient (Wildman–Crippen LogP) is 7.83. The Labute approximate surface area is 231 Å². The van der Waals surface area contributed by atoms with Crippen molar-refractivity contribution >= 4 is 63.5 Å². The SMILES string of the molecule is C#CCOc1ccc(/C=C2/SC(=Nc3ccc(C)c(Cl)c3)N(c3ccc(C)c(Cl)c3)C2=O)cc1OCC. The number of carbonyl (C=O) groups excluding carboxylic acids is 1. The Kier molecular flexibility index (Phi) is 8.50. The molecule has 1 aliphatic rings. The van der Waals surface area contributed by atoms with Gasteiger partial charge in [-0.1, -0.05) is 47.3 Å². The molecule has 1 fully saturated rings. The first-order valence-corrected chi connectivity index (χ1v) is 13.1. The summed E-state index contributed by atoms with van der Waals surface area (Å²) in [4.78, 5) is 20.5. The van der Waals surface area contributed by atoms with Crippen LogP contribution in [-0.4, -0.2) is 24.3 Å². The molecule has 5 nitrogen and oxygen atoms in total. The summed E-state index contributed by atoms with van der Waals surface area (Å²) >= 11 is 14.0. The summed E-state index contributed by atoms with van der Waals surface area (Å²) in [5, 5.41) is 1.66. The third-order valence-electron chi connectivity index (χ3n) is 5.48. The number of halogens is 2. The van der Waals surface area contributed by atoms with Gasteiger partial charge >= 0.3 is 0 Å². The maximum absolute atomic E-state index is 13.7. The van der Waals surface area contributed by atoms with Crippen molar-refractivity contribution in [2.75, 3.05) is 18.1 Å². The fourth-order valence-electron chi connectivity index (χ4n) is 3.53. The van der Waals surface area contributed by atoms with E-state index in [0.29, 0.717) is 49.6 Å². The minimum absolute atomic E-state index is 0.131. The van der Waals surface area contributed by atoms with Crippen molar-refractivity contribution in [3.05, 3.63) is 86.2 Å². The van der Waals surface area contributed by atoms with Crippen molar-refractivity contribution in [2.24, 2.45) is 4.99 Å². The minimum Gasteiger partial charge on any atom is -0.490 e. The smallest absolute Gasteiger partial charge is 0.271 e. The van der Waals surface area contributed by atoms with Crippen LogP contribution in [0.2, 0.25) is 10.0 Å². The standard InChI is InChI=1S/C29H24Cl2N2O3S/c1-5-13-36-25-12-9-20(14-26(25)35-6-2)15-27-28(34)33(22-11-8-19(4)24(31)17-22)29(37-27)32-21-10-7-18(3)23(30)16-21/h1,7-12,14-17H,6,13H2,2-4H3/b27-15+,32-29?. The number of anilines is 1. The molecule has 188 valence electrons. The van der Waals surface area contributed by atoms with E-state index in [1.54, 1.807) is 29.2 Å². The molecule has 0 bridgehead atoms. The first-order valence-electron chi connectivity index (χ1n) is 11.5. The normalized spacial score (nSPS) is 15.4. The van der Waals surface area contributed by atoms with E-state index in [9.17, 15) is 4.79 Å². The fourth-order valence-corrected chi connectivity index (χ4v) is 4.88. The van der Waals surface area contributed by atoms with Crippen LogP contribution >= 0.6 is 35.0 Å². The molecule has 0 unspecified atom stereocenters. The first-order chi connectivity index (χ1) is 17.8. The van der Waals surface area contributed by atoms with Crippen LogP contribution in [0.15, 0.2) is 64.5 Å². The van der Waals surface area contributed by atoms with E-state index in [4.69, 9.17) is 44.1 Å². The molecule has 0 aliphatic carbocycles. The monoisotopic (exact) mass is 550 g/mol. The summed E-state index contributed by atoms with van der Waals surface area (Å²) in [6.07, 6.45) is 7.12. The van der Waals surface area contributed by atoms with E-state index in [1.165, 1.54) is 11.8 Å². The van der Waals surface area contributed by atoms with Gasteiger partial charge in [0.15, 0.2) is 16.7 Å². The first kappa shape index (κ1) is 26.7. The number of thioether (sulfide) groups is 1. The van der Waals surface area contributed by atoms with Crippen molar-refractivity contribution in [1.82, 2.24) is 0 Å². The summed E-state index contributed by atoms with van der Waals surface area (Å²) in [7, 11) is 0. The summed E-state index contributed by atoms with van der Waals surface area (Å²) in [5.41, 5.74) is 3.91. The third-order valence-corrected chi connectivity index (χ3v) is 7.26. The number of hydrogen-bond donors (Lipinski definition) is 0. The lowest BCUT2D eigenvalue weighted by Gasteiger charge is -2.16. The van der Waals surface area contributed by atoms with Gasteiger partial charge in [0.2, 0.25) is 0 Å². The molecule has 0 radical (unpaired) electrons. The van der Waals surface area contributed by atoms with Gasteiger partial charge in [0.25, 0.3) is 5.91 Å². The molecule has 3 aromatic carbocycles. The van der Waals surface area contributed by atoms with Gasteiger partial charge in [0.05, 0.1) is 22.9 Å². The second kappa shape index (κ2) is 11.8. The summed E-state index contributed by atoms with van der Waals surface area (Å²) in [6.45, 7) is 6.31. The highest BCUT2D eigenvalue weighted by Gasteiger charge is 2.35. The molecule has 1 heterocycles. The van der Waals surface area contributed by atoms with Crippen LogP contribution in [0.1, 0.15) is 23.6 Å². The summed E-state index contributed by atoms with van der Waals surface area (Å²) < 4.78 is 11.3. The number of aliphatic imine (C=N–C) groups is 1. The van der Waals surface area contributed by atoms with Gasteiger partial charge in [0.1, 0.15) is 6.61 Å². The van der Waals surface area contributed by atoms with E-state index >= 15 is 0 Å². The van der Waals surface area contributed by atoms with Crippen LogP contribution < -0.4 is 14.4 Å². The number of terminal acetylenes is 1. The van der Waals surface area contributed by atoms with E-state index in [1.807, 2.05) is 57.2 Å². The number of nitrogens with zero attached hydrogens (tertiary/aromatic N) is 2. The molecule has 3 aromatic rings. The van der Waals surface area contributed by atoms with Crippen molar-refractivity contribution in [3.63, 3.8) is 0 Å². The Hall–Kier alpha value is -3.37. The van der Waals surface area contributed by atoms with Crippen molar-refractivity contribution < 1.29 is 14.3 Å². The van der Waals surface area contributed by atoms with Gasteiger partial charge in [-0.15, -0.1) is 6.42 Å². The molecule has 0 aromatic heterocycles. The number of carbonyl (C=O) groups is 1. The molecule has 0 saturated carbocycles. The maximum Gasteiger partial charge on any atom is 0.271 e. The predicted molar refractivity (Wildman–Crippen MR) is 154 cm³/mol. The number of hydrogen-bond acceptors (Lipinski definition) is 5. The lowest BCUT2D eigenvalue weighted by atomic mass is 10.1. The molecule has 37 heavy (non-hydrogen) atoms. The second-order valence-electron chi connectivity index (χ2n) is 8.14. The average molecular weight is 551 g/mol. The number of ether oxygens (including phenoxy) is 2. The number of amides is 1. The molecule has 0 N–H and O–H groups in total. The molecule has 1 aliphatic heterocycles. The third kappa shape index (κ3) is 6.14. The van der Waals surface area contributed by atoms with Crippen LogP contribution in [0.5, 0.6) is 11.5 Å². The Balaban J connectivity index is 1.76. The Morgan fingerprint density at radius 3 is 2.41 bits per heavy atom. The zero-order valence-corrected chi connectivity index (χ0v) is 22.9. The van der Waals surface area contributed by atoms with Gasteiger partial charge in [-0.05, 0) is 91.7 Å². The average Bonchev–Trinajstić information content (AvgIpc) is 3.17. The molecule has 1 amide bonds. The highest BCUT2D eigenvalue weighted by Crippen LogP contribution is 2.39. The summed E-state index contributed by atoms with van der Waals surface area (Å²) in [5.74, 6) is 3.33. The van der Waals surface area contributed by atoms with Gasteiger partial charge < -0.3 is 9.47 Å². The second-order valence-corrected chi connectivity index (χ2v) is 9.97. The van der Waals surface area contributed by atoms with Crippen LogP contribution in [0.4, 0.5) is 11.4 Å². The van der Waals surface area contributed by atoms with Crippen LogP contribution in [-0.2, 0) is 4.79 Å². The van der Waals surface area contributed by atoms with Gasteiger partial charge in [-0.3, -0.25) is 9.69 Å². The molecule has 0 spiro atoms. The topological polar surface area (TPSA) is 51.1 Å². The number of benzene rings is 3. The zero-order valence-electron chi connectivity index (χ0n) is 20.5. The number of aryl methyl sites for hydroxylation is 2. The van der Waals surface area contributed by atoms with E-state index in [-0.39, 0.29) is 12.5 Å². The van der Waals surface area contributed by atoms with E-state index in [0.717, 1.165) is 16.7 Å². The lowest BCUT2D eigenvalue weighted by Crippen LogP contribution is -2.28.